The lowest BCUT2D eigenvalue weighted by Gasteiger charge is -2.06. The molecule has 3 nitrogen and oxygen atoms in total. The summed E-state index contributed by atoms with van der Waals surface area (Å²) < 4.78 is 5.43. The van der Waals surface area contributed by atoms with E-state index in [4.69, 9.17) is 9.94 Å². The lowest BCUT2D eigenvalue weighted by atomic mass is 10.1. The Morgan fingerprint density at radius 2 is 1.86 bits per heavy atom. The lowest BCUT2D eigenvalue weighted by molar-refractivity contribution is 0.307. The van der Waals surface area contributed by atoms with Gasteiger partial charge in [0.15, 0.2) is 0 Å². The molecule has 0 unspecified atom stereocenters. The van der Waals surface area contributed by atoms with Gasteiger partial charge >= 0.3 is 0 Å². The zero-order valence-corrected chi connectivity index (χ0v) is 8.74. The van der Waals surface area contributed by atoms with Crippen molar-refractivity contribution >= 4 is 5.71 Å². The first-order chi connectivity index (χ1) is 6.61. The normalized spacial score (nSPS) is 11.5. The lowest BCUT2D eigenvalue weighted by Crippen LogP contribution is -2.07. The topological polar surface area (TPSA) is 41.8 Å². The number of nitrogens with zero attached hydrogens (tertiary/aromatic N) is 1. The summed E-state index contributed by atoms with van der Waals surface area (Å²) in [6, 6.07) is 6.00. The Bertz CT molecular complexity index is 325. The number of hydrogen-bond donors (Lipinski definition) is 1. The van der Waals surface area contributed by atoms with E-state index in [1.54, 1.807) is 6.92 Å². The van der Waals surface area contributed by atoms with E-state index >= 15 is 0 Å². The molecular weight excluding hydrogens is 178 g/mol. The summed E-state index contributed by atoms with van der Waals surface area (Å²) >= 11 is 0. The first kappa shape index (κ1) is 10.6. The van der Waals surface area contributed by atoms with Gasteiger partial charge in [-0.3, -0.25) is 0 Å². The van der Waals surface area contributed by atoms with E-state index in [-0.39, 0.29) is 0 Å². The third-order valence-corrected chi connectivity index (χ3v) is 1.81. The van der Waals surface area contributed by atoms with Crippen molar-refractivity contribution in [2.45, 2.75) is 20.8 Å². The summed E-state index contributed by atoms with van der Waals surface area (Å²) in [5.74, 6) is 0.811. The molecular formula is C11H15NO2. The van der Waals surface area contributed by atoms with Crippen molar-refractivity contribution in [1.82, 2.24) is 0 Å². The highest BCUT2D eigenvalue weighted by molar-refractivity contribution is 5.82. The van der Waals surface area contributed by atoms with Crippen LogP contribution in [0.5, 0.6) is 5.75 Å². The molecule has 1 rings (SSSR count). The van der Waals surface area contributed by atoms with Crippen molar-refractivity contribution in [2.75, 3.05) is 6.61 Å². The van der Waals surface area contributed by atoms with E-state index in [0.29, 0.717) is 12.3 Å². The number of benzene rings is 1. The molecule has 0 bridgehead atoms. The van der Waals surface area contributed by atoms with Gasteiger partial charge in [-0.2, -0.15) is 0 Å². The number of hydrogen-bond acceptors (Lipinski definition) is 3. The fourth-order valence-corrected chi connectivity index (χ4v) is 1.23. The average molecular weight is 193 g/mol. The zero-order valence-electron chi connectivity index (χ0n) is 8.74. The molecule has 0 heterocycles. The van der Waals surface area contributed by atoms with Crippen LogP contribution in [0.4, 0.5) is 0 Å². The summed E-state index contributed by atoms with van der Waals surface area (Å²) in [7, 11) is 0. The molecule has 0 fully saturated rings. The summed E-state index contributed by atoms with van der Waals surface area (Å²) in [4.78, 5) is 0. The Balaban J connectivity index is 2.67. The van der Waals surface area contributed by atoms with Crippen molar-refractivity contribution in [1.29, 1.82) is 0 Å². The maximum absolute atomic E-state index is 8.43. The van der Waals surface area contributed by atoms with Gasteiger partial charge in [0.1, 0.15) is 12.4 Å². The van der Waals surface area contributed by atoms with Crippen LogP contribution < -0.4 is 4.74 Å². The molecule has 0 radical (unpaired) electrons. The van der Waals surface area contributed by atoms with Crippen LogP contribution in [0, 0.1) is 13.8 Å². The molecule has 0 saturated heterocycles. The van der Waals surface area contributed by atoms with Crippen LogP contribution in [0.25, 0.3) is 0 Å². The second-order valence-corrected chi connectivity index (χ2v) is 3.45. The van der Waals surface area contributed by atoms with E-state index in [0.717, 1.165) is 5.75 Å². The van der Waals surface area contributed by atoms with Gasteiger partial charge in [0.05, 0.1) is 5.71 Å². The van der Waals surface area contributed by atoms with Gasteiger partial charge in [0.25, 0.3) is 0 Å². The Hall–Kier alpha value is -1.51. The third kappa shape index (κ3) is 3.09. The predicted molar refractivity (Wildman–Crippen MR) is 56.3 cm³/mol. The van der Waals surface area contributed by atoms with Crippen molar-refractivity contribution in [3.63, 3.8) is 0 Å². The summed E-state index contributed by atoms with van der Waals surface area (Å²) in [5.41, 5.74) is 2.89. The van der Waals surface area contributed by atoms with Gasteiger partial charge in [-0.25, -0.2) is 0 Å². The van der Waals surface area contributed by atoms with Crippen LogP contribution in [0.3, 0.4) is 0 Å². The highest BCUT2D eigenvalue weighted by atomic mass is 16.5. The molecule has 0 aliphatic heterocycles. The molecule has 3 heteroatoms. The van der Waals surface area contributed by atoms with Crippen LogP contribution >= 0.6 is 0 Å². The predicted octanol–water partition coefficient (Wildman–Crippen LogP) is 2.53. The Kier molecular flexibility index (Phi) is 3.51. The quantitative estimate of drug-likeness (QED) is 0.455. The molecule has 1 N–H and O–H groups in total. The highest BCUT2D eigenvalue weighted by Gasteiger charge is 1.98. The van der Waals surface area contributed by atoms with E-state index in [1.165, 1.54) is 11.1 Å². The number of oxime groups is 1. The van der Waals surface area contributed by atoms with Crippen LogP contribution in [-0.4, -0.2) is 17.5 Å². The summed E-state index contributed by atoms with van der Waals surface area (Å²) in [6.07, 6.45) is 0. The molecule has 76 valence electrons. The summed E-state index contributed by atoms with van der Waals surface area (Å²) in [5, 5.41) is 11.5. The van der Waals surface area contributed by atoms with E-state index < -0.39 is 0 Å². The highest BCUT2D eigenvalue weighted by Crippen LogP contribution is 2.15. The van der Waals surface area contributed by atoms with Gasteiger partial charge in [-0.15, -0.1) is 0 Å². The molecule has 0 atom stereocenters. The van der Waals surface area contributed by atoms with Crippen LogP contribution in [0.15, 0.2) is 23.4 Å². The van der Waals surface area contributed by atoms with Crippen molar-refractivity contribution in [3.8, 4) is 5.75 Å². The summed E-state index contributed by atoms with van der Waals surface area (Å²) in [6.45, 7) is 6.07. The van der Waals surface area contributed by atoms with E-state index in [9.17, 15) is 0 Å². The zero-order chi connectivity index (χ0) is 10.6. The molecule has 0 aliphatic carbocycles. The molecule has 0 spiro atoms. The standard InChI is InChI=1S/C11H15NO2/c1-8-4-9(2)6-11(5-8)14-7-10(3)12-13/h4-6,13H,7H2,1-3H3/b12-10+. The minimum atomic E-state index is 0.319. The van der Waals surface area contributed by atoms with Crippen molar-refractivity contribution < 1.29 is 9.94 Å². The second-order valence-electron chi connectivity index (χ2n) is 3.45. The molecule has 0 amide bonds. The molecule has 0 saturated carbocycles. The minimum absolute atomic E-state index is 0.319. The Morgan fingerprint density at radius 1 is 1.29 bits per heavy atom. The first-order valence-electron chi connectivity index (χ1n) is 4.50. The molecule has 1 aromatic carbocycles. The first-order valence-corrected chi connectivity index (χ1v) is 4.50. The second kappa shape index (κ2) is 4.65. The van der Waals surface area contributed by atoms with Crippen molar-refractivity contribution in [3.05, 3.63) is 29.3 Å². The van der Waals surface area contributed by atoms with Gasteiger partial charge in [-0.1, -0.05) is 11.2 Å². The SMILES string of the molecule is C/C(COc1cc(C)cc(C)c1)=N\O. The molecule has 0 aromatic heterocycles. The van der Waals surface area contributed by atoms with Crippen LogP contribution in [0.2, 0.25) is 0 Å². The van der Waals surface area contributed by atoms with Gasteiger partial charge in [0.2, 0.25) is 0 Å². The smallest absolute Gasteiger partial charge is 0.129 e. The molecule has 0 aliphatic rings. The van der Waals surface area contributed by atoms with Crippen LogP contribution in [0.1, 0.15) is 18.1 Å². The van der Waals surface area contributed by atoms with Gasteiger partial charge in [-0.05, 0) is 44.0 Å². The van der Waals surface area contributed by atoms with Crippen LogP contribution in [-0.2, 0) is 0 Å². The third-order valence-electron chi connectivity index (χ3n) is 1.81. The monoisotopic (exact) mass is 193 g/mol. The fourth-order valence-electron chi connectivity index (χ4n) is 1.23. The minimum Gasteiger partial charge on any atom is -0.488 e. The molecule has 1 aromatic rings. The maximum Gasteiger partial charge on any atom is 0.129 e. The van der Waals surface area contributed by atoms with E-state index in [1.807, 2.05) is 26.0 Å². The fraction of sp³-hybridized carbons (Fsp3) is 0.364. The van der Waals surface area contributed by atoms with E-state index in [2.05, 4.69) is 11.2 Å². The van der Waals surface area contributed by atoms with Gasteiger partial charge in [0, 0.05) is 0 Å². The van der Waals surface area contributed by atoms with Crippen molar-refractivity contribution in [2.24, 2.45) is 5.16 Å². The Morgan fingerprint density at radius 3 is 2.36 bits per heavy atom. The largest absolute Gasteiger partial charge is 0.488 e. The van der Waals surface area contributed by atoms with Gasteiger partial charge < -0.3 is 9.94 Å². The number of ether oxygens (including phenoxy) is 1. The number of aryl methyl sites for hydroxylation is 2. The maximum atomic E-state index is 8.43. The Labute approximate surface area is 84.0 Å². The average Bonchev–Trinajstić information content (AvgIpc) is 2.12. The number of rotatable bonds is 3. The molecule has 14 heavy (non-hydrogen) atoms.